The second-order valence-corrected chi connectivity index (χ2v) is 4.88. The van der Waals surface area contributed by atoms with Crippen LogP contribution in [0.4, 0.5) is 5.69 Å². The summed E-state index contributed by atoms with van der Waals surface area (Å²) in [5.74, 6) is -0.107. The Kier molecular flexibility index (Phi) is 2.99. The lowest BCUT2D eigenvalue weighted by Gasteiger charge is -2.06. The third kappa shape index (κ3) is 2.28. The van der Waals surface area contributed by atoms with Crippen molar-refractivity contribution < 1.29 is 4.79 Å². The maximum absolute atomic E-state index is 12.2. The molecule has 100 valence electrons. The van der Waals surface area contributed by atoms with Crippen molar-refractivity contribution in [3.63, 3.8) is 0 Å². The normalized spacial score (nSPS) is 10.7. The Morgan fingerprint density at radius 3 is 2.85 bits per heavy atom. The number of rotatable bonds is 2. The largest absolute Gasteiger partial charge is 0.334 e. The van der Waals surface area contributed by atoms with Gasteiger partial charge in [-0.1, -0.05) is 17.7 Å². The van der Waals surface area contributed by atoms with Crippen LogP contribution < -0.4 is 5.32 Å². The number of aromatic nitrogens is 2. The number of anilines is 1. The van der Waals surface area contributed by atoms with Gasteiger partial charge in [0.15, 0.2) is 0 Å². The lowest BCUT2D eigenvalue weighted by Crippen LogP contribution is -2.11. The summed E-state index contributed by atoms with van der Waals surface area (Å²) in [6.07, 6.45) is 1.76. The molecule has 0 aliphatic carbocycles. The van der Waals surface area contributed by atoms with Gasteiger partial charge in [0.1, 0.15) is 0 Å². The van der Waals surface area contributed by atoms with E-state index < -0.39 is 0 Å². The number of hydrogen-bond donors (Lipinski definition) is 1. The molecule has 0 fully saturated rings. The Morgan fingerprint density at radius 1 is 1.20 bits per heavy atom. The van der Waals surface area contributed by atoms with Crippen molar-refractivity contribution in [3.8, 4) is 0 Å². The topological polar surface area (TPSA) is 46.9 Å². The Morgan fingerprint density at radius 2 is 2.05 bits per heavy atom. The van der Waals surface area contributed by atoms with E-state index in [0.29, 0.717) is 5.56 Å². The summed E-state index contributed by atoms with van der Waals surface area (Å²) in [5, 5.41) is 2.90. The van der Waals surface area contributed by atoms with Crippen LogP contribution in [-0.4, -0.2) is 15.5 Å². The number of hydrogen-bond acceptors (Lipinski definition) is 2. The lowest BCUT2D eigenvalue weighted by molar-refractivity contribution is 0.102. The molecule has 3 aromatic rings. The molecule has 3 rings (SSSR count). The molecule has 4 heteroatoms. The van der Waals surface area contributed by atoms with E-state index in [-0.39, 0.29) is 5.91 Å². The predicted octanol–water partition coefficient (Wildman–Crippen LogP) is 3.13. The van der Waals surface area contributed by atoms with E-state index in [1.165, 1.54) is 0 Å². The second kappa shape index (κ2) is 4.81. The summed E-state index contributed by atoms with van der Waals surface area (Å²) in [7, 11) is 1.94. The fraction of sp³-hybridized carbons (Fsp3) is 0.125. The van der Waals surface area contributed by atoms with Crippen molar-refractivity contribution in [2.75, 3.05) is 5.32 Å². The highest BCUT2D eigenvalue weighted by atomic mass is 16.1. The Labute approximate surface area is 117 Å². The maximum Gasteiger partial charge on any atom is 0.255 e. The average molecular weight is 265 g/mol. The smallest absolute Gasteiger partial charge is 0.255 e. The minimum Gasteiger partial charge on any atom is -0.334 e. The molecule has 1 amide bonds. The summed E-state index contributed by atoms with van der Waals surface area (Å²) >= 11 is 0. The van der Waals surface area contributed by atoms with E-state index >= 15 is 0 Å². The monoisotopic (exact) mass is 265 g/mol. The number of aryl methyl sites for hydroxylation is 2. The van der Waals surface area contributed by atoms with E-state index in [1.54, 1.807) is 6.33 Å². The van der Waals surface area contributed by atoms with Gasteiger partial charge < -0.3 is 9.88 Å². The molecule has 1 heterocycles. The number of nitrogens with one attached hydrogen (secondary N) is 1. The molecule has 0 radical (unpaired) electrons. The molecule has 1 aromatic heterocycles. The molecule has 0 aliphatic heterocycles. The first kappa shape index (κ1) is 12.4. The van der Waals surface area contributed by atoms with Gasteiger partial charge in [-0.3, -0.25) is 4.79 Å². The van der Waals surface area contributed by atoms with Crippen molar-refractivity contribution in [2.24, 2.45) is 7.05 Å². The first-order valence-electron chi connectivity index (χ1n) is 6.42. The maximum atomic E-state index is 12.2. The molecule has 2 aromatic carbocycles. The molecule has 0 saturated carbocycles. The van der Waals surface area contributed by atoms with Crippen molar-refractivity contribution >= 4 is 22.6 Å². The molecule has 0 aliphatic rings. The molecular weight excluding hydrogens is 250 g/mol. The van der Waals surface area contributed by atoms with Gasteiger partial charge in [0.25, 0.3) is 5.91 Å². The van der Waals surface area contributed by atoms with Gasteiger partial charge in [-0.2, -0.15) is 0 Å². The minimum absolute atomic E-state index is 0.107. The summed E-state index contributed by atoms with van der Waals surface area (Å²) < 4.78 is 1.95. The zero-order valence-electron chi connectivity index (χ0n) is 11.4. The first-order chi connectivity index (χ1) is 9.63. The van der Waals surface area contributed by atoms with Gasteiger partial charge >= 0.3 is 0 Å². The Bertz CT molecular complexity index is 789. The van der Waals surface area contributed by atoms with Crippen LogP contribution in [0, 0.1) is 6.92 Å². The molecule has 0 saturated heterocycles. The molecule has 0 bridgehead atoms. The van der Waals surface area contributed by atoms with Crippen molar-refractivity contribution in [2.45, 2.75) is 6.92 Å². The molecular formula is C16H15N3O. The predicted molar refractivity (Wildman–Crippen MR) is 79.8 cm³/mol. The van der Waals surface area contributed by atoms with Crippen molar-refractivity contribution in [1.29, 1.82) is 0 Å². The Balaban J connectivity index is 1.87. The lowest BCUT2D eigenvalue weighted by atomic mass is 10.1. The fourth-order valence-corrected chi connectivity index (χ4v) is 2.20. The van der Waals surface area contributed by atoms with Crippen LogP contribution in [0.1, 0.15) is 15.9 Å². The van der Waals surface area contributed by atoms with E-state index in [4.69, 9.17) is 0 Å². The van der Waals surface area contributed by atoms with Crippen molar-refractivity contribution in [1.82, 2.24) is 9.55 Å². The van der Waals surface area contributed by atoms with Gasteiger partial charge in [0.05, 0.1) is 17.4 Å². The van der Waals surface area contributed by atoms with Gasteiger partial charge in [-0.05, 0) is 37.3 Å². The van der Waals surface area contributed by atoms with Crippen LogP contribution in [0.5, 0.6) is 0 Å². The number of carbonyl (C=O) groups excluding carboxylic acids is 1. The van der Waals surface area contributed by atoms with Crippen LogP contribution in [0.25, 0.3) is 11.0 Å². The van der Waals surface area contributed by atoms with Gasteiger partial charge in [-0.25, -0.2) is 4.98 Å². The fourth-order valence-electron chi connectivity index (χ4n) is 2.20. The summed E-state index contributed by atoms with van der Waals surface area (Å²) in [4.78, 5) is 16.5. The highest BCUT2D eigenvalue weighted by Gasteiger charge is 2.07. The minimum atomic E-state index is -0.107. The number of amides is 1. The van der Waals surface area contributed by atoms with E-state index in [2.05, 4.69) is 10.3 Å². The molecule has 1 N–H and O–H groups in total. The van der Waals surface area contributed by atoms with Crippen LogP contribution in [0.2, 0.25) is 0 Å². The molecule has 4 nitrogen and oxygen atoms in total. The number of fused-ring (bicyclic) bond motifs is 1. The van der Waals surface area contributed by atoms with Gasteiger partial charge in [-0.15, -0.1) is 0 Å². The zero-order chi connectivity index (χ0) is 14.1. The van der Waals surface area contributed by atoms with E-state index in [9.17, 15) is 4.79 Å². The zero-order valence-corrected chi connectivity index (χ0v) is 11.4. The summed E-state index contributed by atoms with van der Waals surface area (Å²) in [6, 6.07) is 13.2. The average Bonchev–Trinajstić information content (AvgIpc) is 2.80. The third-order valence-corrected chi connectivity index (χ3v) is 3.26. The number of benzene rings is 2. The number of carbonyl (C=O) groups is 1. The third-order valence-electron chi connectivity index (χ3n) is 3.26. The molecule has 0 unspecified atom stereocenters. The number of imidazole rings is 1. The highest BCUT2D eigenvalue weighted by Crippen LogP contribution is 2.18. The standard InChI is InChI=1S/C16H15N3O/c1-11-4-3-5-12(8-11)16(20)18-13-6-7-15-14(9-13)17-10-19(15)2/h3-10H,1-2H3,(H,18,20). The summed E-state index contributed by atoms with van der Waals surface area (Å²) in [6.45, 7) is 1.97. The first-order valence-corrected chi connectivity index (χ1v) is 6.42. The van der Waals surface area contributed by atoms with E-state index in [1.807, 2.05) is 61.0 Å². The second-order valence-electron chi connectivity index (χ2n) is 4.88. The van der Waals surface area contributed by atoms with Crippen molar-refractivity contribution in [3.05, 3.63) is 59.9 Å². The number of nitrogens with zero attached hydrogens (tertiary/aromatic N) is 2. The van der Waals surface area contributed by atoms with Crippen LogP contribution in [0.15, 0.2) is 48.8 Å². The van der Waals surface area contributed by atoms with Gasteiger partial charge in [0, 0.05) is 18.3 Å². The van der Waals surface area contributed by atoms with Crippen LogP contribution in [-0.2, 0) is 7.05 Å². The summed E-state index contributed by atoms with van der Waals surface area (Å²) in [5.41, 5.74) is 4.39. The quantitative estimate of drug-likeness (QED) is 0.773. The Hall–Kier alpha value is -2.62. The van der Waals surface area contributed by atoms with Crippen LogP contribution >= 0.6 is 0 Å². The SMILES string of the molecule is Cc1cccc(C(=O)Nc2ccc3c(c2)ncn3C)c1. The molecule has 0 atom stereocenters. The van der Waals surface area contributed by atoms with Gasteiger partial charge in [0.2, 0.25) is 0 Å². The van der Waals surface area contributed by atoms with Crippen LogP contribution in [0.3, 0.4) is 0 Å². The van der Waals surface area contributed by atoms with E-state index in [0.717, 1.165) is 22.3 Å². The highest BCUT2D eigenvalue weighted by molar-refractivity contribution is 6.05. The molecule has 0 spiro atoms. The molecule has 20 heavy (non-hydrogen) atoms.